The van der Waals surface area contributed by atoms with Gasteiger partial charge in [0.05, 0.1) is 6.04 Å². The molecule has 5 heteroatoms. The Morgan fingerprint density at radius 3 is 2.54 bits per heavy atom. The smallest absolute Gasteiger partial charge is 0.303 e. The number of aliphatic carboxylic acids is 1. The lowest BCUT2D eigenvalue weighted by Crippen LogP contribution is -2.48. The minimum atomic E-state index is -0.683. The molecule has 0 bridgehead atoms. The Hall–Kier alpha value is -2.04. The highest BCUT2D eigenvalue weighted by molar-refractivity contribution is 5.85. The van der Waals surface area contributed by atoms with Crippen LogP contribution >= 0.6 is 12.4 Å². The number of fused-ring (bicyclic) bond motifs is 5. The SMILES string of the molecule is Cl.O=C(O)CCCCCN1CCN2c3ccccc3Cc3ccccc3[C@H]2C1. The van der Waals surface area contributed by atoms with Crippen molar-refractivity contribution in [2.24, 2.45) is 0 Å². The van der Waals surface area contributed by atoms with Crippen LogP contribution in [0.2, 0.25) is 0 Å². The fourth-order valence-electron chi connectivity index (χ4n) is 4.55. The summed E-state index contributed by atoms with van der Waals surface area (Å²) < 4.78 is 0. The maximum atomic E-state index is 10.7. The topological polar surface area (TPSA) is 43.8 Å². The number of piperazine rings is 1. The van der Waals surface area contributed by atoms with Crippen molar-refractivity contribution in [3.05, 3.63) is 65.2 Å². The summed E-state index contributed by atoms with van der Waals surface area (Å²) in [5.74, 6) is -0.683. The van der Waals surface area contributed by atoms with E-state index in [1.54, 1.807) is 0 Å². The number of unbranched alkanes of at least 4 members (excludes halogenated alkanes) is 2. The first kappa shape index (κ1) is 20.7. The summed E-state index contributed by atoms with van der Waals surface area (Å²) in [6, 6.07) is 18.1. The Kier molecular flexibility index (Phi) is 6.97. The number of hydrogen-bond donors (Lipinski definition) is 1. The van der Waals surface area contributed by atoms with Crippen molar-refractivity contribution < 1.29 is 9.90 Å². The normalized spacial score (nSPS) is 18.3. The fraction of sp³-hybridized carbons (Fsp3) is 0.435. The lowest BCUT2D eigenvalue weighted by molar-refractivity contribution is -0.137. The van der Waals surface area contributed by atoms with Crippen molar-refractivity contribution in [3.63, 3.8) is 0 Å². The van der Waals surface area contributed by atoms with Crippen molar-refractivity contribution in [1.29, 1.82) is 0 Å². The molecule has 0 amide bonds. The summed E-state index contributed by atoms with van der Waals surface area (Å²) in [7, 11) is 0. The van der Waals surface area contributed by atoms with E-state index in [1.165, 1.54) is 22.4 Å². The zero-order valence-corrected chi connectivity index (χ0v) is 17.0. The first-order valence-electron chi connectivity index (χ1n) is 10.1. The molecule has 0 aliphatic carbocycles. The van der Waals surface area contributed by atoms with Crippen LogP contribution in [-0.4, -0.2) is 42.2 Å². The third kappa shape index (κ3) is 4.50. The number of carboxylic acid groups (broad SMARTS) is 1. The number of nitrogens with zero attached hydrogens (tertiary/aromatic N) is 2. The van der Waals surface area contributed by atoms with Crippen LogP contribution in [0.3, 0.4) is 0 Å². The number of para-hydroxylation sites is 1. The van der Waals surface area contributed by atoms with Gasteiger partial charge in [0.1, 0.15) is 0 Å². The lowest BCUT2D eigenvalue weighted by atomic mass is 9.96. The van der Waals surface area contributed by atoms with Gasteiger partial charge in [-0.3, -0.25) is 9.69 Å². The van der Waals surface area contributed by atoms with Crippen LogP contribution in [0.15, 0.2) is 48.5 Å². The molecule has 4 nitrogen and oxygen atoms in total. The van der Waals surface area contributed by atoms with Crippen molar-refractivity contribution in [2.45, 2.75) is 38.1 Å². The number of benzene rings is 2. The molecule has 4 rings (SSSR count). The predicted molar refractivity (Wildman–Crippen MR) is 116 cm³/mol. The van der Waals surface area contributed by atoms with Gasteiger partial charge in [-0.25, -0.2) is 0 Å². The van der Waals surface area contributed by atoms with Crippen LogP contribution in [0.4, 0.5) is 5.69 Å². The average molecular weight is 401 g/mol. The maximum Gasteiger partial charge on any atom is 0.303 e. The Bertz CT molecular complexity index is 811. The van der Waals surface area contributed by atoms with Gasteiger partial charge >= 0.3 is 5.97 Å². The molecule has 0 spiro atoms. The van der Waals surface area contributed by atoms with E-state index in [0.29, 0.717) is 12.5 Å². The van der Waals surface area contributed by atoms with Crippen LogP contribution in [0.1, 0.15) is 48.4 Å². The summed E-state index contributed by atoms with van der Waals surface area (Å²) in [6.07, 6.45) is 4.17. The molecule has 0 aromatic heterocycles. The number of halogens is 1. The Morgan fingerprint density at radius 2 is 1.71 bits per heavy atom. The van der Waals surface area contributed by atoms with Gasteiger partial charge in [-0.2, -0.15) is 0 Å². The minimum Gasteiger partial charge on any atom is -0.481 e. The molecule has 1 atom stereocenters. The number of carbonyl (C=O) groups is 1. The van der Waals surface area contributed by atoms with Gasteiger partial charge < -0.3 is 10.0 Å². The maximum absolute atomic E-state index is 10.7. The first-order chi connectivity index (χ1) is 13.2. The lowest BCUT2D eigenvalue weighted by Gasteiger charge is -2.43. The number of hydrogen-bond acceptors (Lipinski definition) is 3. The van der Waals surface area contributed by atoms with E-state index in [4.69, 9.17) is 5.11 Å². The van der Waals surface area contributed by atoms with Crippen molar-refractivity contribution in [1.82, 2.24) is 4.90 Å². The zero-order chi connectivity index (χ0) is 18.6. The molecule has 28 heavy (non-hydrogen) atoms. The molecular weight excluding hydrogens is 372 g/mol. The highest BCUT2D eigenvalue weighted by atomic mass is 35.5. The van der Waals surface area contributed by atoms with E-state index in [9.17, 15) is 4.79 Å². The van der Waals surface area contributed by atoms with Gasteiger partial charge in [-0.15, -0.1) is 12.4 Å². The van der Waals surface area contributed by atoms with Gasteiger partial charge in [0.2, 0.25) is 0 Å². The van der Waals surface area contributed by atoms with Gasteiger partial charge in [-0.05, 0) is 48.6 Å². The van der Waals surface area contributed by atoms with E-state index in [1.807, 2.05) is 0 Å². The number of anilines is 1. The van der Waals surface area contributed by atoms with E-state index < -0.39 is 5.97 Å². The third-order valence-electron chi connectivity index (χ3n) is 5.93. The summed E-state index contributed by atoms with van der Waals surface area (Å²) in [5.41, 5.74) is 5.72. The van der Waals surface area contributed by atoms with Gasteiger partial charge in [0.15, 0.2) is 0 Å². The van der Waals surface area contributed by atoms with E-state index in [2.05, 4.69) is 58.3 Å². The monoisotopic (exact) mass is 400 g/mol. The standard InChI is InChI=1S/C23H28N2O2.ClH/c26-23(27)12-2-1-7-13-24-14-15-25-21-11-6-4-9-19(21)16-18-8-3-5-10-20(18)22(25)17-24;/h3-6,8-11,22H,1-2,7,12-17H2,(H,26,27);1H/t22-;/m1./s1. The molecule has 0 unspecified atom stereocenters. The van der Waals surface area contributed by atoms with Gasteiger partial charge in [-0.1, -0.05) is 48.9 Å². The average Bonchev–Trinajstić information content (AvgIpc) is 2.82. The summed E-state index contributed by atoms with van der Waals surface area (Å²) in [6.45, 7) is 4.23. The molecule has 0 radical (unpaired) electrons. The molecule has 1 N–H and O–H groups in total. The van der Waals surface area contributed by atoms with E-state index >= 15 is 0 Å². The largest absolute Gasteiger partial charge is 0.481 e. The van der Waals surface area contributed by atoms with Crippen molar-refractivity contribution in [3.8, 4) is 0 Å². The quantitative estimate of drug-likeness (QED) is 0.724. The van der Waals surface area contributed by atoms with Gasteiger partial charge in [0, 0.05) is 31.7 Å². The van der Waals surface area contributed by atoms with Crippen LogP contribution in [0, 0.1) is 0 Å². The van der Waals surface area contributed by atoms with Crippen LogP contribution in [0.25, 0.3) is 0 Å². The molecular formula is C23H29ClN2O2. The molecule has 0 saturated carbocycles. The van der Waals surface area contributed by atoms with Gasteiger partial charge in [0.25, 0.3) is 0 Å². The van der Waals surface area contributed by atoms with Crippen molar-refractivity contribution in [2.75, 3.05) is 31.1 Å². The first-order valence-corrected chi connectivity index (χ1v) is 10.1. The van der Waals surface area contributed by atoms with E-state index in [-0.39, 0.29) is 12.4 Å². The summed E-state index contributed by atoms with van der Waals surface area (Å²) >= 11 is 0. The zero-order valence-electron chi connectivity index (χ0n) is 16.2. The second-order valence-corrected chi connectivity index (χ2v) is 7.72. The fourth-order valence-corrected chi connectivity index (χ4v) is 4.55. The molecule has 150 valence electrons. The minimum absolute atomic E-state index is 0. The number of rotatable bonds is 6. The van der Waals surface area contributed by atoms with Crippen LogP contribution in [-0.2, 0) is 11.2 Å². The molecule has 1 fully saturated rings. The highest BCUT2D eigenvalue weighted by Gasteiger charge is 2.32. The molecule has 2 aromatic rings. The second-order valence-electron chi connectivity index (χ2n) is 7.72. The van der Waals surface area contributed by atoms with Crippen molar-refractivity contribution >= 4 is 24.1 Å². The van der Waals surface area contributed by atoms with Crippen LogP contribution < -0.4 is 4.90 Å². The molecule has 2 aliphatic rings. The number of carboxylic acids is 1. The third-order valence-corrected chi connectivity index (χ3v) is 5.93. The molecule has 1 saturated heterocycles. The highest BCUT2D eigenvalue weighted by Crippen LogP contribution is 2.39. The predicted octanol–water partition coefficient (Wildman–Crippen LogP) is 4.52. The Balaban J connectivity index is 0.00000225. The molecule has 2 aromatic carbocycles. The van der Waals surface area contributed by atoms with Crippen LogP contribution in [0.5, 0.6) is 0 Å². The second kappa shape index (κ2) is 9.44. The Labute approximate surface area is 173 Å². The molecule has 2 aliphatic heterocycles. The van der Waals surface area contributed by atoms with E-state index in [0.717, 1.165) is 51.9 Å². The molecule has 2 heterocycles. The Morgan fingerprint density at radius 1 is 0.964 bits per heavy atom. The summed E-state index contributed by atoms with van der Waals surface area (Å²) in [4.78, 5) is 15.8. The summed E-state index contributed by atoms with van der Waals surface area (Å²) in [5, 5.41) is 8.77.